The summed E-state index contributed by atoms with van der Waals surface area (Å²) in [5, 5.41) is 2.92. The van der Waals surface area contributed by atoms with E-state index in [1.807, 2.05) is 0 Å². The Kier molecular flexibility index (Phi) is 5.11. The largest absolute Gasteiger partial charge is 0.497 e. The lowest BCUT2D eigenvalue weighted by Crippen LogP contribution is -2.24. The summed E-state index contributed by atoms with van der Waals surface area (Å²) in [5.74, 6) is -0.447. The molecule has 0 saturated heterocycles. The van der Waals surface area contributed by atoms with Gasteiger partial charge in [0.15, 0.2) is 11.6 Å². The number of nitrogens with one attached hydrogen (secondary N) is 1. The zero-order chi connectivity index (χ0) is 15.2. The van der Waals surface area contributed by atoms with E-state index in [1.54, 1.807) is 38.4 Å². The Hall–Kier alpha value is -2.14. The maximum atomic E-state index is 13.8. The Morgan fingerprint density at radius 1 is 1.10 bits per heavy atom. The van der Waals surface area contributed by atoms with Gasteiger partial charge in [-0.25, -0.2) is 8.78 Å². The summed E-state index contributed by atoms with van der Waals surface area (Å²) in [5.41, 5.74) is 0.236. The first-order valence-electron chi connectivity index (χ1n) is 6.53. The minimum atomic E-state index is -0.867. The zero-order valence-corrected chi connectivity index (χ0v) is 11.9. The van der Waals surface area contributed by atoms with Gasteiger partial charge in [-0.2, -0.15) is 0 Å². The maximum Gasteiger partial charge on any atom is 0.163 e. The lowest BCUT2D eigenvalue weighted by atomic mass is 10.1. The van der Waals surface area contributed by atoms with Crippen LogP contribution in [0.2, 0.25) is 0 Å². The molecule has 0 amide bonds. The molecule has 1 N–H and O–H groups in total. The van der Waals surface area contributed by atoms with Gasteiger partial charge >= 0.3 is 0 Å². The summed E-state index contributed by atoms with van der Waals surface area (Å²) in [6, 6.07) is 10.8. The van der Waals surface area contributed by atoms with Gasteiger partial charge in [-0.3, -0.25) is 0 Å². The number of rotatable bonds is 6. The molecule has 2 rings (SSSR count). The van der Waals surface area contributed by atoms with Crippen molar-refractivity contribution in [3.63, 3.8) is 0 Å². The van der Waals surface area contributed by atoms with Gasteiger partial charge in [0.1, 0.15) is 18.1 Å². The number of benzene rings is 2. The van der Waals surface area contributed by atoms with Crippen LogP contribution < -0.4 is 14.8 Å². The lowest BCUT2D eigenvalue weighted by molar-refractivity contribution is 0.267. The molecule has 112 valence electrons. The van der Waals surface area contributed by atoms with Crippen molar-refractivity contribution in [2.45, 2.75) is 6.04 Å². The van der Waals surface area contributed by atoms with Crippen LogP contribution in [0.1, 0.15) is 11.6 Å². The second kappa shape index (κ2) is 7.04. The lowest BCUT2D eigenvalue weighted by Gasteiger charge is -2.18. The third-order valence-electron chi connectivity index (χ3n) is 3.16. The monoisotopic (exact) mass is 293 g/mol. The van der Waals surface area contributed by atoms with Crippen LogP contribution in [0.15, 0.2) is 42.5 Å². The normalized spacial score (nSPS) is 12.0. The van der Waals surface area contributed by atoms with Crippen molar-refractivity contribution >= 4 is 0 Å². The quantitative estimate of drug-likeness (QED) is 0.886. The van der Waals surface area contributed by atoms with Gasteiger partial charge in [0, 0.05) is 11.6 Å². The fraction of sp³-hybridized carbons (Fsp3) is 0.250. The molecule has 0 bridgehead atoms. The van der Waals surface area contributed by atoms with E-state index in [1.165, 1.54) is 12.1 Å². The number of ether oxygens (including phenoxy) is 2. The fourth-order valence-corrected chi connectivity index (χ4v) is 1.99. The van der Waals surface area contributed by atoms with Crippen LogP contribution in [0.25, 0.3) is 0 Å². The van der Waals surface area contributed by atoms with E-state index in [4.69, 9.17) is 9.47 Å². The average Bonchev–Trinajstić information content (AvgIpc) is 2.52. The predicted octanol–water partition coefficient (Wildman–Crippen LogP) is 3.31. The van der Waals surface area contributed by atoms with E-state index in [9.17, 15) is 8.78 Å². The molecule has 0 spiro atoms. The average molecular weight is 293 g/mol. The molecule has 3 nitrogen and oxygen atoms in total. The van der Waals surface area contributed by atoms with Crippen molar-refractivity contribution in [2.24, 2.45) is 0 Å². The van der Waals surface area contributed by atoms with Gasteiger partial charge < -0.3 is 14.8 Å². The van der Waals surface area contributed by atoms with E-state index in [-0.39, 0.29) is 12.2 Å². The van der Waals surface area contributed by atoms with Crippen LogP contribution in [0.5, 0.6) is 11.5 Å². The first-order valence-corrected chi connectivity index (χ1v) is 6.53. The number of halogens is 2. The highest BCUT2D eigenvalue weighted by Gasteiger charge is 2.17. The van der Waals surface area contributed by atoms with Crippen molar-refractivity contribution < 1.29 is 18.3 Å². The molecular formula is C16H17F2NO2. The molecule has 0 radical (unpaired) electrons. The van der Waals surface area contributed by atoms with E-state index >= 15 is 0 Å². The van der Waals surface area contributed by atoms with Crippen LogP contribution in [0, 0.1) is 11.6 Å². The maximum absolute atomic E-state index is 13.8. The summed E-state index contributed by atoms with van der Waals surface area (Å²) in [4.78, 5) is 0. The SMILES string of the molecule is CNC(COc1cccc(OC)c1)c1cccc(F)c1F. The smallest absolute Gasteiger partial charge is 0.163 e. The van der Waals surface area contributed by atoms with Gasteiger partial charge in [0.2, 0.25) is 0 Å². The van der Waals surface area contributed by atoms with Crippen molar-refractivity contribution in [1.82, 2.24) is 5.32 Å². The summed E-state index contributed by atoms with van der Waals surface area (Å²) in [6.45, 7) is 0.171. The first kappa shape index (κ1) is 15.3. The molecule has 5 heteroatoms. The highest BCUT2D eigenvalue weighted by molar-refractivity contribution is 5.33. The minimum absolute atomic E-state index is 0.171. The van der Waals surface area contributed by atoms with Crippen molar-refractivity contribution in [3.8, 4) is 11.5 Å². The van der Waals surface area contributed by atoms with Gasteiger partial charge in [-0.15, -0.1) is 0 Å². The summed E-state index contributed by atoms with van der Waals surface area (Å²) >= 11 is 0. The third-order valence-corrected chi connectivity index (χ3v) is 3.16. The van der Waals surface area contributed by atoms with Crippen LogP contribution in [-0.2, 0) is 0 Å². The predicted molar refractivity (Wildman–Crippen MR) is 76.6 cm³/mol. The van der Waals surface area contributed by atoms with Crippen LogP contribution in [-0.4, -0.2) is 20.8 Å². The number of hydrogen-bond acceptors (Lipinski definition) is 3. The Balaban J connectivity index is 2.10. The third kappa shape index (κ3) is 3.70. The minimum Gasteiger partial charge on any atom is -0.497 e. The zero-order valence-electron chi connectivity index (χ0n) is 11.9. The van der Waals surface area contributed by atoms with E-state index in [0.29, 0.717) is 11.5 Å². The number of likely N-dealkylation sites (N-methyl/N-ethyl adjacent to an activating group) is 1. The molecule has 2 aromatic rings. The van der Waals surface area contributed by atoms with Gasteiger partial charge in [-0.1, -0.05) is 18.2 Å². The molecule has 0 saturated carbocycles. The van der Waals surface area contributed by atoms with E-state index in [2.05, 4.69) is 5.32 Å². The van der Waals surface area contributed by atoms with Gasteiger partial charge in [0.05, 0.1) is 13.2 Å². The van der Waals surface area contributed by atoms with E-state index < -0.39 is 17.7 Å². The number of methoxy groups -OCH3 is 1. The summed E-state index contributed by atoms with van der Waals surface area (Å²) in [7, 11) is 3.24. The Bertz CT molecular complexity index is 605. The molecule has 2 aromatic carbocycles. The van der Waals surface area contributed by atoms with Gasteiger partial charge in [0.25, 0.3) is 0 Å². The summed E-state index contributed by atoms with van der Waals surface area (Å²) in [6.07, 6.45) is 0. The molecular weight excluding hydrogens is 276 g/mol. The molecule has 1 unspecified atom stereocenters. The van der Waals surface area contributed by atoms with Crippen LogP contribution in [0.4, 0.5) is 8.78 Å². The molecule has 0 fully saturated rings. The Labute approximate surface area is 122 Å². The van der Waals surface area contributed by atoms with Crippen molar-refractivity contribution in [3.05, 3.63) is 59.7 Å². The molecule has 0 aromatic heterocycles. The molecule has 0 aliphatic carbocycles. The molecule has 1 atom stereocenters. The topological polar surface area (TPSA) is 30.5 Å². The second-order valence-electron chi connectivity index (χ2n) is 4.47. The van der Waals surface area contributed by atoms with Gasteiger partial charge in [-0.05, 0) is 25.2 Å². The highest BCUT2D eigenvalue weighted by atomic mass is 19.2. The van der Waals surface area contributed by atoms with Crippen LogP contribution in [0.3, 0.4) is 0 Å². The molecule has 0 aliphatic rings. The first-order chi connectivity index (χ1) is 10.2. The molecule has 0 aliphatic heterocycles. The number of hydrogen-bond donors (Lipinski definition) is 1. The highest BCUT2D eigenvalue weighted by Crippen LogP contribution is 2.23. The summed E-state index contributed by atoms with van der Waals surface area (Å²) < 4.78 is 37.8. The molecule has 0 heterocycles. The Morgan fingerprint density at radius 2 is 1.81 bits per heavy atom. The van der Waals surface area contributed by atoms with E-state index in [0.717, 1.165) is 6.07 Å². The second-order valence-corrected chi connectivity index (χ2v) is 4.47. The Morgan fingerprint density at radius 3 is 2.52 bits per heavy atom. The van der Waals surface area contributed by atoms with Crippen molar-refractivity contribution in [2.75, 3.05) is 20.8 Å². The van der Waals surface area contributed by atoms with Crippen LogP contribution >= 0.6 is 0 Å². The van der Waals surface area contributed by atoms with Crippen molar-refractivity contribution in [1.29, 1.82) is 0 Å². The molecule has 21 heavy (non-hydrogen) atoms. The standard InChI is InChI=1S/C16H17F2NO2/c1-19-15(13-7-4-8-14(17)16(13)18)10-21-12-6-3-5-11(9-12)20-2/h3-9,15,19H,10H2,1-2H3. The fourth-order valence-electron chi connectivity index (χ4n) is 1.99.